The Kier molecular flexibility index (Phi) is 3.17. The summed E-state index contributed by atoms with van der Waals surface area (Å²) in [7, 11) is 0. The molecule has 4 atom stereocenters. The molecule has 2 amide bonds. The van der Waals surface area contributed by atoms with Gasteiger partial charge >= 0.3 is 11.8 Å². The summed E-state index contributed by atoms with van der Waals surface area (Å²) in [6.07, 6.45) is -3.91. The summed E-state index contributed by atoms with van der Waals surface area (Å²) in [6.45, 7) is 0. The summed E-state index contributed by atoms with van der Waals surface area (Å²) < 4.78 is 50.0. The molecule has 6 nitrogen and oxygen atoms in total. The van der Waals surface area contributed by atoms with E-state index in [9.17, 15) is 27.6 Å². The summed E-state index contributed by atoms with van der Waals surface area (Å²) in [5.41, 5.74) is -2.52. The minimum atomic E-state index is -4.73. The third-order valence-electron chi connectivity index (χ3n) is 5.58. The molecule has 2 bridgehead atoms. The van der Waals surface area contributed by atoms with Crippen LogP contribution in [-0.4, -0.2) is 24.0 Å². The molecule has 2 aromatic rings. The smallest absolute Gasteiger partial charge is 0.417 e. The van der Waals surface area contributed by atoms with Crippen molar-refractivity contribution in [2.24, 2.45) is 11.8 Å². The lowest BCUT2D eigenvalue weighted by atomic mass is 9.81. The number of fused-ring (bicyclic) bond motifs is 6. The summed E-state index contributed by atoms with van der Waals surface area (Å²) in [6, 6.07) is 3.88. The number of benzene rings is 1. The van der Waals surface area contributed by atoms with Gasteiger partial charge in [-0.15, -0.1) is 0 Å². The third-order valence-corrected chi connectivity index (χ3v) is 5.58. The Morgan fingerprint density at radius 2 is 1.59 bits per heavy atom. The number of hydrogen-bond acceptors (Lipinski definition) is 5. The van der Waals surface area contributed by atoms with Crippen LogP contribution in [-0.2, 0) is 20.5 Å². The molecular weight excluding hydrogens is 367 g/mol. The van der Waals surface area contributed by atoms with Crippen LogP contribution in [0.1, 0.15) is 18.4 Å². The van der Waals surface area contributed by atoms with Crippen molar-refractivity contribution in [1.29, 1.82) is 0 Å². The van der Waals surface area contributed by atoms with Crippen molar-refractivity contribution in [3.05, 3.63) is 40.2 Å². The number of alkyl halides is 3. The second-order valence-corrected chi connectivity index (χ2v) is 7.01. The van der Waals surface area contributed by atoms with Crippen LogP contribution in [0.3, 0.4) is 0 Å². The number of hydrogen-bond donors (Lipinski definition) is 0. The van der Waals surface area contributed by atoms with E-state index in [0.717, 1.165) is 17.0 Å². The van der Waals surface area contributed by atoms with Gasteiger partial charge in [0.1, 0.15) is 5.58 Å². The van der Waals surface area contributed by atoms with Crippen LogP contribution in [0.15, 0.2) is 33.5 Å². The summed E-state index contributed by atoms with van der Waals surface area (Å²) in [5, 5.41) is -0.312. The number of imide groups is 1. The van der Waals surface area contributed by atoms with Crippen molar-refractivity contribution in [3.8, 4) is 0 Å². The average Bonchev–Trinajstić information content (AvgIpc) is 3.26. The van der Waals surface area contributed by atoms with E-state index in [1.165, 1.54) is 6.07 Å². The van der Waals surface area contributed by atoms with Crippen LogP contribution in [0.5, 0.6) is 0 Å². The first-order valence-electron chi connectivity index (χ1n) is 8.44. The Bertz CT molecular complexity index is 1030. The van der Waals surface area contributed by atoms with E-state index in [1.54, 1.807) is 0 Å². The summed E-state index contributed by atoms with van der Waals surface area (Å²) in [5.74, 6) is -1.96. The molecule has 0 radical (unpaired) electrons. The van der Waals surface area contributed by atoms with Crippen LogP contribution in [0, 0.1) is 11.8 Å². The first kappa shape index (κ1) is 16.5. The number of ether oxygens (including phenoxy) is 1. The monoisotopic (exact) mass is 379 g/mol. The van der Waals surface area contributed by atoms with Crippen LogP contribution in [0.25, 0.3) is 11.0 Å². The number of halogens is 3. The van der Waals surface area contributed by atoms with Gasteiger partial charge in [0.15, 0.2) is 0 Å². The van der Waals surface area contributed by atoms with E-state index in [-0.39, 0.29) is 28.9 Å². The van der Waals surface area contributed by atoms with Gasteiger partial charge < -0.3 is 9.15 Å². The minimum absolute atomic E-state index is 0.0915. The molecule has 3 aliphatic heterocycles. The molecule has 9 heteroatoms. The second kappa shape index (κ2) is 5.19. The number of amides is 2. The Balaban J connectivity index is 1.61. The molecule has 1 aromatic heterocycles. The molecule has 3 saturated heterocycles. The molecule has 4 heterocycles. The lowest BCUT2D eigenvalue weighted by molar-refractivity contribution is -0.136. The molecule has 3 fully saturated rings. The topological polar surface area (TPSA) is 76.8 Å². The van der Waals surface area contributed by atoms with Gasteiger partial charge in [-0.2, -0.15) is 13.2 Å². The van der Waals surface area contributed by atoms with E-state index in [1.807, 2.05) is 0 Å². The summed E-state index contributed by atoms with van der Waals surface area (Å²) in [4.78, 5) is 38.0. The Hall–Kier alpha value is -2.68. The maximum absolute atomic E-state index is 13.2. The van der Waals surface area contributed by atoms with Gasteiger partial charge in [0.05, 0.1) is 35.3 Å². The summed E-state index contributed by atoms with van der Waals surface area (Å²) >= 11 is 0. The predicted molar refractivity (Wildman–Crippen MR) is 84.9 cm³/mol. The van der Waals surface area contributed by atoms with Gasteiger partial charge in [-0.05, 0) is 25.0 Å². The lowest BCUT2D eigenvalue weighted by Crippen LogP contribution is -2.34. The fourth-order valence-corrected chi connectivity index (χ4v) is 4.49. The zero-order chi connectivity index (χ0) is 19.1. The molecule has 0 N–H and O–H groups in total. The van der Waals surface area contributed by atoms with Gasteiger partial charge in [-0.1, -0.05) is 0 Å². The predicted octanol–water partition coefficient (Wildman–Crippen LogP) is 2.48. The third kappa shape index (κ3) is 2.21. The zero-order valence-corrected chi connectivity index (χ0v) is 13.7. The molecule has 1 aromatic carbocycles. The first-order chi connectivity index (χ1) is 12.8. The Morgan fingerprint density at radius 1 is 0.963 bits per heavy atom. The average molecular weight is 379 g/mol. The van der Waals surface area contributed by atoms with Crippen LogP contribution in [0.2, 0.25) is 0 Å². The zero-order valence-electron chi connectivity index (χ0n) is 13.7. The molecule has 0 spiro atoms. The van der Waals surface area contributed by atoms with Crippen molar-refractivity contribution in [1.82, 2.24) is 0 Å². The number of carbonyl (C=O) groups excluding carboxylic acids is 2. The standard InChI is InChI=1S/C18H12F3NO5/c19-18(20,21)9-6-13(23)27-12-5-7(1-2-8(9)12)22-16(24)14-10-3-4-11(26-10)15(14)17(22)25/h1-2,5-6,10-11,14-15H,3-4H2/t10-,11+,14-,15+. The Labute approximate surface area is 149 Å². The molecule has 5 rings (SSSR count). The van der Waals surface area contributed by atoms with Gasteiger partial charge in [0.25, 0.3) is 0 Å². The quantitative estimate of drug-likeness (QED) is 0.562. The number of anilines is 1. The molecular formula is C18H12F3NO5. The fraction of sp³-hybridized carbons (Fsp3) is 0.389. The maximum Gasteiger partial charge on any atom is 0.417 e. The second-order valence-electron chi connectivity index (χ2n) is 7.01. The van der Waals surface area contributed by atoms with Crippen molar-refractivity contribution >= 4 is 28.5 Å². The van der Waals surface area contributed by atoms with E-state index in [2.05, 4.69) is 0 Å². The van der Waals surface area contributed by atoms with Gasteiger partial charge in [0.2, 0.25) is 11.8 Å². The first-order valence-corrected chi connectivity index (χ1v) is 8.44. The van der Waals surface area contributed by atoms with Gasteiger partial charge in [-0.3, -0.25) is 9.59 Å². The van der Waals surface area contributed by atoms with Gasteiger partial charge in [-0.25, -0.2) is 9.69 Å². The normalized spacial score (nSPS) is 29.8. The molecule has 0 saturated carbocycles. The van der Waals surface area contributed by atoms with Crippen molar-refractivity contribution in [2.45, 2.75) is 31.2 Å². The maximum atomic E-state index is 13.2. The lowest BCUT2D eigenvalue weighted by Gasteiger charge is -2.18. The van der Waals surface area contributed by atoms with Gasteiger partial charge in [0, 0.05) is 17.5 Å². The van der Waals surface area contributed by atoms with Crippen molar-refractivity contribution < 1.29 is 31.9 Å². The van der Waals surface area contributed by atoms with Crippen LogP contribution in [0.4, 0.5) is 18.9 Å². The SMILES string of the molecule is O=C1[C@@H]2[C@H](C(=O)N1c1ccc3c(C(F)(F)F)cc(=O)oc3c1)[C@H]1CC[C@@H]2O1. The van der Waals surface area contributed by atoms with Crippen LogP contribution >= 0.6 is 0 Å². The molecule has 140 valence electrons. The fourth-order valence-electron chi connectivity index (χ4n) is 4.49. The number of carbonyl (C=O) groups is 2. The van der Waals surface area contributed by atoms with Crippen LogP contribution < -0.4 is 10.5 Å². The number of nitrogens with zero attached hydrogens (tertiary/aromatic N) is 1. The largest absolute Gasteiger partial charge is 0.423 e. The molecule has 3 aliphatic rings. The van der Waals surface area contributed by atoms with E-state index >= 15 is 0 Å². The highest BCUT2D eigenvalue weighted by atomic mass is 19.4. The number of rotatable bonds is 1. The molecule has 0 aliphatic carbocycles. The Morgan fingerprint density at radius 3 is 2.19 bits per heavy atom. The molecule has 27 heavy (non-hydrogen) atoms. The van der Waals surface area contributed by atoms with E-state index in [0.29, 0.717) is 18.9 Å². The van der Waals surface area contributed by atoms with Crippen molar-refractivity contribution in [3.63, 3.8) is 0 Å². The minimum Gasteiger partial charge on any atom is -0.423 e. The van der Waals surface area contributed by atoms with E-state index in [4.69, 9.17) is 9.15 Å². The highest BCUT2D eigenvalue weighted by molar-refractivity contribution is 6.23. The van der Waals surface area contributed by atoms with E-state index < -0.39 is 41.0 Å². The highest BCUT2D eigenvalue weighted by Crippen LogP contribution is 2.49. The molecule has 0 unspecified atom stereocenters. The van der Waals surface area contributed by atoms with Crippen molar-refractivity contribution in [2.75, 3.05) is 4.90 Å². The highest BCUT2D eigenvalue weighted by Gasteiger charge is 2.62.